The smallest absolute Gasteiger partial charge is 0.210 e. The quantitative estimate of drug-likeness (QED) is 0.422. The molecule has 0 heterocycles. The summed E-state index contributed by atoms with van der Waals surface area (Å²) < 4.78 is 0. The van der Waals surface area contributed by atoms with Crippen molar-refractivity contribution >= 4 is 11.6 Å². The Morgan fingerprint density at radius 1 is 1.24 bits per heavy atom. The average molecular weight is 306 g/mol. The van der Waals surface area contributed by atoms with Crippen LogP contribution in [0.4, 0.5) is 0 Å². The Morgan fingerprint density at radius 2 is 1.57 bits per heavy atom. The van der Waals surface area contributed by atoms with E-state index in [0.29, 0.717) is 12.8 Å². The second kappa shape index (κ2) is 17.9. The van der Waals surface area contributed by atoms with Crippen LogP contribution in [0.1, 0.15) is 48.0 Å². The van der Waals surface area contributed by atoms with Gasteiger partial charge in [0.25, 0.3) is 0 Å². The molecule has 0 N–H and O–H groups in total. The number of ketones is 2. The topological polar surface area (TPSA) is 120 Å². The normalized spacial score (nSPS) is 9.33. The maximum Gasteiger partial charge on any atom is 0.210 e. The number of carbonyl (C=O) groups is 2. The van der Waals surface area contributed by atoms with Crippen LogP contribution in [-0.4, -0.2) is 34.0 Å². The lowest BCUT2D eigenvalue weighted by atomic mass is 10.1. The Hall–Kier alpha value is -2.12. The third-order valence-corrected chi connectivity index (χ3v) is 1.82. The molecule has 0 saturated heterocycles. The molecule has 0 aromatic rings. The van der Waals surface area contributed by atoms with Crippen LogP contribution in [-0.2, 0) is 9.59 Å². The molecule has 21 heavy (non-hydrogen) atoms. The van der Waals surface area contributed by atoms with E-state index in [0.717, 1.165) is 0 Å². The maximum atomic E-state index is 10.3. The van der Waals surface area contributed by atoms with Gasteiger partial charge in [-0.05, 0) is 19.9 Å². The molecular weight excluding hydrogens is 280 g/mol. The minimum absolute atomic E-state index is 0. The summed E-state index contributed by atoms with van der Waals surface area (Å²) in [6, 6.07) is -0.594. The van der Waals surface area contributed by atoms with Crippen molar-refractivity contribution in [2.75, 3.05) is 6.54 Å². The van der Waals surface area contributed by atoms with E-state index < -0.39 is 6.04 Å². The number of hydrogen-bond donors (Lipinski definition) is 0. The second-order valence-corrected chi connectivity index (χ2v) is 3.84. The van der Waals surface area contributed by atoms with Crippen molar-refractivity contribution in [3.63, 3.8) is 0 Å². The zero-order chi connectivity index (χ0) is 16.7. The van der Waals surface area contributed by atoms with Gasteiger partial charge in [0.1, 0.15) is 5.78 Å². The molecule has 0 fully saturated rings. The van der Waals surface area contributed by atoms with Crippen LogP contribution in [0.5, 0.6) is 0 Å². The van der Waals surface area contributed by atoms with Gasteiger partial charge < -0.3 is 4.79 Å². The van der Waals surface area contributed by atoms with Gasteiger partial charge in [0, 0.05) is 36.5 Å². The maximum absolute atomic E-state index is 10.3. The standard InChI is InChI=1S/C6H11NO3.C4H6O.C2H5NO2.CH4/c1-5(7(9)10)3-4-6(2)8;1-3-4(2)5;1-2-3(4)5;/h5H,3-4H2,1-2H3;3H,1H2,2H3;2H2,1H3;1H4. The third-order valence-electron chi connectivity index (χ3n) is 1.82. The van der Waals surface area contributed by atoms with E-state index in [9.17, 15) is 29.8 Å². The molecule has 0 amide bonds. The summed E-state index contributed by atoms with van der Waals surface area (Å²) in [5.41, 5.74) is 0. The molecule has 0 aromatic heterocycles. The number of allylic oxidation sites excluding steroid dienone is 1. The van der Waals surface area contributed by atoms with E-state index in [2.05, 4.69) is 6.58 Å². The lowest BCUT2D eigenvalue weighted by Crippen LogP contribution is -2.15. The van der Waals surface area contributed by atoms with Crippen molar-refractivity contribution in [1.29, 1.82) is 0 Å². The van der Waals surface area contributed by atoms with E-state index >= 15 is 0 Å². The number of nitrogens with zero attached hydrogens (tertiary/aromatic N) is 2. The fourth-order valence-electron chi connectivity index (χ4n) is 0.518. The fourth-order valence-corrected chi connectivity index (χ4v) is 0.518. The lowest BCUT2D eigenvalue weighted by molar-refractivity contribution is -0.518. The second-order valence-electron chi connectivity index (χ2n) is 3.84. The van der Waals surface area contributed by atoms with Gasteiger partial charge in [0.05, 0.1) is 0 Å². The molecular formula is C13H26N2O6. The summed E-state index contributed by atoms with van der Waals surface area (Å²) in [4.78, 5) is 38.5. The summed E-state index contributed by atoms with van der Waals surface area (Å²) in [6.07, 6.45) is 1.93. The van der Waals surface area contributed by atoms with Crippen molar-refractivity contribution in [3.05, 3.63) is 32.9 Å². The first-order valence-corrected chi connectivity index (χ1v) is 5.96. The summed E-state index contributed by atoms with van der Waals surface area (Å²) in [6.45, 7) is 9.14. The Labute approximate surface area is 125 Å². The first-order valence-electron chi connectivity index (χ1n) is 5.96. The molecule has 0 radical (unpaired) electrons. The molecule has 1 atom stereocenters. The summed E-state index contributed by atoms with van der Waals surface area (Å²) in [7, 11) is 0. The summed E-state index contributed by atoms with van der Waals surface area (Å²) in [5, 5.41) is 19.2. The Bertz CT molecular complexity index is 342. The average Bonchev–Trinajstić information content (AvgIpc) is 2.36. The predicted octanol–water partition coefficient (Wildman–Crippen LogP) is 2.70. The monoisotopic (exact) mass is 306 g/mol. The molecule has 0 aromatic carbocycles. The number of nitro groups is 2. The van der Waals surface area contributed by atoms with E-state index in [-0.39, 0.29) is 35.4 Å². The van der Waals surface area contributed by atoms with Crippen molar-refractivity contribution in [1.82, 2.24) is 0 Å². The van der Waals surface area contributed by atoms with Gasteiger partial charge in [-0.15, -0.1) is 0 Å². The summed E-state index contributed by atoms with van der Waals surface area (Å²) >= 11 is 0. The molecule has 8 heteroatoms. The molecule has 0 aliphatic carbocycles. The van der Waals surface area contributed by atoms with Crippen molar-refractivity contribution in [2.24, 2.45) is 0 Å². The molecule has 0 rings (SSSR count). The molecule has 1 unspecified atom stereocenters. The molecule has 0 aliphatic rings. The van der Waals surface area contributed by atoms with Crippen LogP contribution < -0.4 is 0 Å². The zero-order valence-electron chi connectivity index (χ0n) is 12.3. The van der Waals surface area contributed by atoms with Gasteiger partial charge in [-0.2, -0.15) is 0 Å². The molecule has 0 aliphatic heterocycles. The van der Waals surface area contributed by atoms with E-state index in [1.807, 2.05) is 0 Å². The predicted molar refractivity (Wildman–Crippen MR) is 81.5 cm³/mol. The van der Waals surface area contributed by atoms with Gasteiger partial charge in [0.15, 0.2) is 5.78 Å². The Balaban J connectivity index is -0.000000112. The van der Waals surface area contributed by atoms with Crippen LogP contribution in [0.25, 0.3) is 0 Å². The Morgan fingerprint density at radius 3 is 1.71 bits per heavy atom. The highest BCUT2D eigenvalue weighted by Gasteiger charge is 2.12. The SMILES string of the molecule is C.C=CC(C)=O.CC(=O)CCC(C)[N+](=O)[O-].CC[N+](=O)[O-]. The molecule has 124 valence electrons. The number of carbonyl (C=O) groups excluding carboxylic acids is 2. The van der Waals surface area contributed by atoms with Gasteiger partial charge >= 0.3 is 0 Å². The Kier molecular flexibility index (Phi) is 23.2. The van der Waals surface area contributed by atoms with Gasteiger partial charge in [-0.1, -0.05) is 14.0 Å². The number of rotatable bonds is 6. The molecule has 0 saturated carbocycles. The highest BCUT2D eigenvalue weighted by molar-refractivity contribution is 5.86. The minimum atomic E-state index is -0.594. The van der Waals surface area contributed by atoms with E-state index in [1.54, 1.807) is 0 Å². The van der Waals surface area contributed by atoms with Crippen LogP contribution >= 0.6 is 0 Å². The number of Topliss-reactive ketones (excluding diaryl/α,β-unsaturated/α-hetero) is 1. The third kappa shape index (κ3) is 38.1. The van der Waals surface area contributed by atoms with E-state index in [1.165, 1.54) is 33.8 Å². The summed E-state index contributed by atoms with van der Waals surface area (Å²) in [5.74, 6) is 0.0266. The van der Waals surface area contributed by atoms with Crippen LogP contribution in [0.2, 0.25) is 0 Å². The van der Waals surface area contributed by atoms with Gasteiger partial charge in [0.2, 0.25) is 12.6 Å². The largest absolute Gasteiger partial charge is 0.300 e. The molecule has 8 nitrogen and oxygen atoms in total. The van der Waals surface area contributed by atoms with Crippen molar-refractivity contribution < 1.29 is 19.4 Å². The highest BCUT2D eigenvalue weighted by atomic mass is 16.6. The van der Waals surface area contributed by atoms with Gasteiger partial charge in [-0.25, -0.2) is 0 Å². The van der Waals surface area contributed by atoms with E-state index in [4.69, 9.17) is 0 Å². The first kappa shape index (κ1) is 27.3. The van der Waals surface area contributed by atoms with Crippen LogP contribution in [0.3, 0.4) is 0 Å². The minimum Gasteiger partial charge on any atom is -0.300 e. The highest BCUT2D eigenvalue weighted by Crippen LogP contribution is 1.99. The fraction of sp³-hybridized carbons (Fsp3) is 0.692. The van der Waals surface area contributed by atoms with Gasteiger partial charge in [-0.3, -0.25) is 25.0 Å². The van der Waals surface area contributed by atoms with Crippen LogP contribution in [0, 0.1) is 20.2 Å². The van der Waals surface area contributed by atoms with Crippen LogP contribution in [0.15, 0.2) is 12.7 Å². The molecule has 0 bridgehead atoms. The van der Waals surface area contributed by atoms with Crippen molar-refractivity contribution in [3.8, 4) is 0 Å². The van der Waals surface area contributed by atoms with Crippen molar-refractivity contribution in [2.45, 2.75) is 54.0 Å². The molecule has 0 spiro atoms. The number of hydrogen-bond acceptors (Lipinski definition) is 6. The lowest BCUT2D eigenvalue weighted by Gasteiger charge is -1.99. The first-order chi connectivity index (χ1) is 9.08. The zero-order valence-corrected chi connectivity index (χ0v) is 12.3.